The van der Waals surface area contributed by atoms with Crippen LogP contribution in [0.4, 0.5) is 0 Å². The highest BCUT2D eigenvalue weighted by molar-refractivity contribution is 6.02. The van der Waals surface area contributed by atoms with Gasteiger partial charge in [-0.25, -0.2) is 4.79 Å². The molecule has 0 saturated heterocycles. The van der Waals surface area contributed by atoms with E-state index < -0.39 is 35.5 Å². The molecule has 6 nitrogen and oxygen atoms in total. The van der Waals surface area contributed by atoms with E-state index in [0.717, 1.165) is 16.3 Å². The molecule has 30 heavy (non-hydrogen) atoms. The molecule has 3 atom stereocenters. The quantitative estimate of drug-likeness (QED) is 0.705. The summed E-state index contributed by atoms with van der Waals surface area (Å²) in [5.74, 6) is -4.05. The predicted octanol–water partition coefficient (Wildman–Crippen LogP) is 3.30. The summed E-state index contributed by atoms with van der Waals surface area (Å²) in [5, 5.41) is 13.3. The molecule has 0 unspecified atom stereocenters. The van der Waals surface area contributed by atoms with E-state index in [4.69, 9.17) is 9.47 Å². The lowest BCUT2D eigenvalue weighted by Gasteiger charge is -2.41. The van der Waals surface area contributed by atoms with Crippen molar-refractivity contribution in [3.8, 4) is 0 Å². The summed E-state index contributed by atoms with van der Waals surface area (Å²) >= 11 is 0. The highest BCUT2D eigenvalue weighted by Gasteiger charge is 2.59. The topological polar surface area (TPSA) is 89.9 Å². The molecule has 3 rings (SSSR count). The molecule has 0 amide bonds. The van der Waals surface area contributed by atoms with E-state index in [9.17, 15) is 19.5 Å². The minimum Gasteiger partial charge on any atom is -0.466 e. The molecule has 158 valence electrons. The van der Waals surface area contributed by atoms with Gasteiger partial charge in [-0.3, -0.25) is 9.59 Å². The highest BCUT2D eigenvalue weighted by atomic mass is 16.6. The second-order valence-corrected chi connectivity index (χ2v) is 7.73. The Hall–Kier alpha value is -2.99. The van der Waals surface area contributed by atoms with Gasteiger partial charge in [0.2, 0.25) is 0 Å². The lowest BCUT2D eigenvalue weighted by molar-refractivity contribution is -0.185. The average molecular weight is 410 g/mol. The SMILES string of the molecule is CCOC(=O)[C@H]1CC(=O)[C@@H]1[C@](O)(/C=C/c1ccc2ccccc2c1)C(=O)OC(C)C. The molecule has 1 saturated carbocycles. The molecular weight excluding hydrogens is 384 g/mol. The summed E-state index contributed by atoms with van der Waals surface area (Å²) < 4.78 is 10.2. The van der Waals surface area contributed by atoms with E-state index in [0.29, 0.717) is 0 Å². The number of ketones is 1. The molecule has 0 heterocycles. The second kappa shape index (κ2) is 8.79. The van der Waals surface area contributed by atoms with E-state index in [2.05, 4.69) is 0 Å². The number of carbonyl (C=O) groups excluding carboxylic acids is 3. The lowest BCUT2D eigenvalue weighted by atomic mass is 9.63. The Morgan fingerprint density at radius 3 is 2.53 bits per heavy atom. The Bertz CT molecular complexity index is 992. The Kier molecular flexibility index (Phi) is 6.37. The van der Waals surface area contributed by atoms with E-state index >= 15 is 0 Å². The minimum atomic E-state index is -2.26. The molecule has 2 aromatic rings. The molecular formula is C24H26O6. The van der Waals surface area contributed by atoms with Crippen LogP contribution in [0, 0.1) is 11.8 Å². The molecule has 0 aliphatic heterocycles. The number of esters is 2. The smallest absolute Gasteiger partial charge is 0.343 e. The molecule has 1 N–H and O–H groups in total. The van der Waals surface area contributed by atoms with Crippen LogP contribution >= 0.6 is 0 Å². The van der Waals surface area contributed by atoms with E-state index in [1.165, 1.54) is 6.08 Å². The van der Waals surface area contributed by atoms with Gasteiger partial charge in [0.05, 0.1) is 24.5 Å². The molecule has 0 radical (unpaired) electrons. The number of carbonyl (C=O) groups is 3. The first-order chi connectivity index (χ1) is 14.3. The van der Waals surface area contributed by atoms with Crippen LogP contribution in [0.15, 0.2) is 48.5 Å². The van der Waals surface area contributed by atoms with Crippen LogP contribution in [0.3, 0.4) is 0 Å². The Labute approximate surface area is 175 Å². The van der Waals surface area contributed by atoms with Gasteiger partial charge >= 0.3 is 11.9 Å². The largest absolute Gasteiger partial charge is 0.466 e. The zero-order valence-corrected chi connectivity index (χ0v) is 17.3. The van der Waals surface area contributed by atoms with Gasteiger partial charge in [-0.15, -0.1) is 0 Å². The van der Waals surface area contributed by atoms with Crippen molar-refractivity contribution in [3.05, 3.63) is 54.1 Å². The Balaban J connectivity index is 1.96. The summed E-state index contributed by atoms with van der Waals surface area (Å²) in [4.78, 5) is 37.4. The predicted molar refractivity (Wildman–Crippen MR) is 112 cm³/mol. The standard InChI is InChI=1S/C24H26O6/c1-4-29-22(26)19-14-20(25)21(19)24(28,23(27)30-15(2)3)12-11-16-9-10-17-7-5-6-8-18(17)13-16/h5-13,15,19,21,28H,4,14H2,1-3H3/b12-11+/t19-,21+,24+/m0/s1. The maximum absolute atomic E-state index is 12.8. The summed E-state index contributed by atoms with van der Waals surface area (Å²) in [5.41, 5.74) is -1.52. The van der Waals surface area contributed by atoms with Crippen LogP contribution < -0.4 is 0 Å². The van der Waals surface area contributed by atoms with E-state index in [1.54, 1.807) is 26.8 Å². The number of fused-ring (bicyclic) bond motifs is 1. The van der Waals surface area contributed by atoms with E-state index in [1.807, 2.05) is 42.5 Å². The van der Waals surface area contributed by atoms with Gasteiger partial charge in [0.1, 0.15) is 5.78 Å². The third-order valence-corrected chi connectivity index (χ3v) is 5.21. The lowest BCUT2D eigenvalue weighted by Crippen LogP contribution is -2.59. The van der Waals surface area contributed by atoms with Gasteiger partial charge in [-0.2, -0.15) is 0 Å². The Morgan fingerprint density at radius 1 is 1.20 bits per heavy atom. The van der Waals surface area contributed by atoms with Crippen molar-refractivity contribution in [2.45, 2.75) is 38.9 Å². The molecule has 2 aromatic carbocycles. The molecule has 0 bridgehead atoms. The van der Waals surface area contributed by atoms with Crippen LogP contribution in [0.25, 0.3) is 16.8 Å². The van der Waals surface area contributed by atoms with Crippen molar-refractivity contribution in [1.29, 1.82) is 0 Å². The van der Waals surface area contributed by atoms with Crippen molar-refractivity contribution in [3.63, 3.8) is 0 Å². The highest BCUT2D eigenvalue weighted by Crippen LogP contribution is 2.42. The van der Waals surface area contributed by atoms with Crippen molar-refractivity contribution in [2.75, 3.05) is 6.61 Å². The fourth-order valence-electron chi connectivity index (χ4n) is 3.69. The maximum Gasteiger partial charge on any atom is 0.343 e. The van der Waals surface area contributed by atoms with Crippen LogP contribution in [-0.4, -0.2) is 41.1 Å². The average Bonchev–Trinajstić information content (AvgIpc) is 2.69. The summed E-state index contributed by atoms with van der Waals surface area (Å²) in [6.45, 7) is 5.11. The van der Waals surface area contributed by atoms with Crippen LogP contribution in [0.2, 0.25) is 0 Å². The van der Waals surface area contributed by atoms with Gasteiger partial charge in [-0.1, -0.05) is 42.5 Å². The number of Topliss-reactive ketones (excluding diaryl/α,β-unsaturated/α-hetero) is 1. The van der Waals surface area contributed by atoms with Crippen molar-refractivity contribution in [1.82, 2.24) is 0 Å². The number of hydrogen-bond acceptors (Lipinski definition) is 6. The number of rotatable bonds is 7. The molecule has 1 fully saturated rings. The van der Waals surface area contributed by atoms with E-state index in [-0.39, 0.29) is 18.8 Å². The number of ether oxygens (including phenoxy) is 2. The van der Waals surface area contributed by atoms with Gasteiger partial charge in [-0.05, 0) is 49.2 Å². The number of hydrogen-bond donors (Lipinski definition) is 1. The van der Waals surface area contributed by atoms with Gasteiger partial charge in [0, 0.05) is 6.42 Å². The first kappa shape index (κ1) is 21.7. The molecule has 0 aromatic heterocycles. The van der Waals surface area contributed by atoms with Crippen molar-refractivity contribution >= 4 is 34.6 Å². The summed E-state index contributed by atoms with van der Waals surface area (Å²) in [7, 11) is 0. The third-order valence-electron chi connectivity index (χ3n) is 5.21. The van der Waals surface area contributed by atoms with Gasteiger partial charge < -0.3 is 14.6 Å². The normalized spacial score (nSPS) is 20.8. The second-order valence-electron chi connectivity index (χ2n) is 7.73. The molecule has 6 heteroatoms. The number of benzene rings is 2. The monoisotopic (exact) mass is 410 g/mol. The maximum atomic E-state index is 12.8. The summed E-state index contributed by atoms with van der Waals surface area (Å²) in [6.07, 6.45) is 2.27. The Morgan fingerprint density at radius 2 is 1.90 bits per heavy atom. The van der Waals surface area contributed by atoms with Crippen LogP contribution in [0.1, 0.15) is 32.8 Å². The first-order valence-electron chi connectivity index (χ1n) is 10.1. The van der Waals surface area contributed by atoms with Gasteiger partial charge in [0.25, 0.3) is 0 Å². The van der Waals surface area contributed by atoms with Crippen LogP contribution in [-0.2, 0) is 23.9 Å². The van der Waals surface area contributed by atoms with Crippen molar-refractivity contribution < 1.29 is 29.0 Å². The zero-order chi connectivity index (χ0) is 21.9. The van der Waals surface area contributed by atoms with Crippen LogP contribution in [0.5, 0.6) is 0 Å². The molecule has 1 aliphatic carbocycles. The fraction of sp³-hybridized carbons (Fsp3) is 0.375. The number of aliphatic hydroxyl groups is 1. The fourth-order valence-corrected chi connectivity index (χ4v) is 3.69. The first-order valence-corrected chi connectivity index (χ1v) is 10.1. The third kappa shape index (κ3) is 4.28. The van der Waals surface area contributed by atoms with Crippen molar-refractivity contribution in [2.24, 2.45) is 11.8 Å². The molecule has 0 spiro atoms. The van der Waals surface area contributed by atoms with Gasteiger partial charge in [0.15, 0.2) is 5.60 Å². The zero-order valence-electron chi connectivity index (χ0n) is 17.3. The minimum absolute atomic E-state index is 0.0649. The summed E-state index contributed by atoms with van der Waals surface area (Å²) in [6, 6.07) is 13.5. The molecule has 1 aliphatic rings.